The van der Waals surface area contributed by atoms with Crippen LogP contribution in [0.4, 0.5) is 5.69 Å². The van der Waals surface area contributed by atoms with Gasteiger partial charge in [-0.15, -0.1) is 0 Å². The first-order valence-corrected chi connectivity index (χ1v) is 6.89. The molecule has 22 heavy (non-hydrogen) atoms. The minimum Gasteiger partial charge on any atom is -0.465 e. The SMILES string of the molecule is COC(=O)c1ccc(CNC(=O)c2ccc(Cl)c(N)c2)cc1. The van der Waals surface area contributed by atoms with Gasteiger partial charge in [-0.3, -0.25) is 4.79 Å². The summed E-state index contributed by atoms with van der Waals surface area (Å²) in [5, 5.41) is 3.18. The summed E-state index contributed by atoms with van der Waals surface area (Å²) in [6, 6.07) is 11.5. The number of methoxy groups -OCH3 is 1. The van der Waals surface area contributed by atoms with Crippen molar-refractivity contribution in [1.29, 1.82) is 0 Å². The number of hydrogen-bond donors (Lipinski definition) is 2. The van der Waals surface area contributed by atoms with E-state index in [9.17, 15) is 9.59 Å². The molecule has 0 radical (unpaired) electrons. The van der Waals surface area contributed by atoms with Crippen molar-refractivity contribution in [2.75, 3.05) is 12.8 Å². The second-order valence-electron chi connectivity index (χ2n) is 4.61. The van der Waals surface area contributed by atoms with Gasteiger partial charge < -0.3 is 15.8 Å². The topological polar surface area (TPSA) is 81.4 Å². The number of nitrogens with two attached hydrogens (primary N) is 1. The zero-order chi connectivity index (χ0) is 16.1. The minimum absolute atomic E-state index is 0.250. The van der Waals surface area contributed by atoms with Gasteiger partial charge in [0.05, 0.1) is 23.4 Å². The Kier molecular flexibility index (Phi) is 5.01. The van der Waals surface area contributed by atoms with Crippen molar-refractivity contribution in [2.45, 2.75) is 6.54 Å². The standard InChI is InChI=1S/C16H15ClN2O3/c1-22-16(21)11-4-2-10(3-5-11)9-19-15(20)12-6-7-13(17)14(18)8-12/h2-8H,9,18H2,1H3,(H,19,20). The van der Waals surface area contributed by atoms with E-state index in [1.165, 1.54) is 13.2 Å². The molecule has 0 unspecified atom stereocenters. The predicted octanol–water partition coefficient (Wildman–Crippen LogP) is 2.64. The highest BCUT2D eigenvalue weighted by Crippen LogP contribution is 2.19. The van der Waals surface area contributed by atoms with Gasteiger partial charge >= 0.3 is 5.97 Å². The number of anilines is 1. The predicted molar refractivity (Wildman–Crippen MR) is 84.8 cm³/mol. The molecule has 0 saturated heterocycles. The molecule has 0 atom stereocenters. The fourth-order valence-electron chi connectivity index (χ4n) is 1.85. The van der Waals surface area contributed by atoms with Gasteiger partial charge in [-0.1, -0.05) is 23.7 Å². The lowest BCUT2D eigenvalue weighted by Crippen LogP contribution is -2.22. The van der Waals surface area contributed by atoms with E-state index in [1.807, 2.05) is 0 Å². The van der Waals surface area contributed by atoms with Crippen molar-refractivity contribution in [1.82, 2.24) is 5.32 Å². The number of rotatable bonds is 4. The molecule has 0 aliphatic carbocycles. The van der Waals surface area contributed by atoms with Crippen molar-refractivity contribution in [3.63, 3.8) is 0 Å². The second-order valence-corrected chi connectivity index (χ2v) is 5.01. The van der Waals surface area contributed by atoms with Crippen molar-refractivity contribution >= 4 is 29.2 Å². The summed E-state index contributed by atoms with van der Waals surface area (Å²) in [5.74, 6) is -0.646. The van der Waals surface area contributed by atoms with E-state index >= 15 is 0 Å². The van der Waals surface area contributed by atoms with Gasteiger partial charge in [0.15, 0.2) is 0 Å². The summed E-state index contributed by atoms with van der Waals surface area (Å²) in [6.07, 6.45) is 0. The molecule has 5 nitrogen and oxygen atoms in total. The maximum Gasteiger partial charge on any atom is 0.337 e. The van der Waals surface area contributed by atoms with Crippen LogP contribution in [0.3, 0.4) is 0 Å². The molecule has 2 rings (SSSR count). The number of carbonyl (C=O) groups is 2. The molecule has 0 bridgehead atoms. The average Bonchev–Trinajstić information content (AvgIpc) is 2.54. The third-order valence-corrected chi connectivity index (χ3v) is 3.43. The monoisotopic (exact) mass is 318 g/mol. The molecular formula is C16H15ClN2O3. The summed E-state index contributed by atoms with van der Waals surface area (Å²) in [4.78, 5) is 23.3. The van der Waals surface area contributed by atoms with Gasteiger partial charge in [0.1, 0.15) is 0 Å². The summed E-state index contributed by atoms with van der Waals surface area (Å²) < 4.78 is 4.62. The van der Waals surface area contributed by atoms with Gasteiger partial charge in [0.25, 0.3) is 5.91 Å². The number of ether oxygens (including phenoxy) is 1. The molecule has 0 aromatic heterocycles. The summed E-state index contributed by atoms with van der Waals surface area (Å²) in [5.41, 5.74) is 7.79. The molecule has 1 amide bonds. The first kappa shape index (κ1) is 15.9. The second kappa shape index (κ2) is 6.95. The Bertz CT molecular complexity index is 699. The van der Waals surface area contributed by atoms with Crippen molar-refractivity contribution < 1.29 is 14.3 Å². The van der Waals surface area contributed by atoms with Crippen LogP contribution in [0, 0.1) is 0 Å². The Balaban J connectivity index is 1.98. The smallest absolute Gasteiger partial charge is 0.337 e. The van der Waals surface area contributed by atoms with Crippen LogP contribution in [-0.4, -0.2) is 19.0 Å². The molecule has 0 aliphatic heterocycles. The van der Waals surface area contributed by atoms with Crippen LogP contribution in [0.1, 0.15) is 26.3 Å². The maximum atomic E-state index is 12.0. The molecule has 0 fully saturated rings. The quantitative estimate of drug-likeness (QED) is 0.670. The number of amides is 1. The first-order valence-electron chi connectivity index (χ1n) is 6.51. The van der Waals surface area contributed by atoms with E-state index in [0.717, 1.165) is 5.56 Å². The molecule has 0 saturated carbocycles. The number of esters is 1. The van der Waals surface area contributed by atoms with E-state index in [0.29, 0.717) is 28.4 Å². The van der Waals surface area contributed by atoms with Crippen molar-refractivity contribution in [2.24, 2.45) is 0 Å². The van der Waals surface area contributed by atoms with Crippen LogP contribution < -0.4 is 11.1 Å². The van der Waals surface area contributed by atoms with E-state index in [1.54, 1.807) is 36.4 Å². The van der Waals surface area contributed by atoms with Crippen LogP contribution in [0.25, 0.3) is 0 Å². The lowest BCUT2D eigenvalue weighted by molar-refractivity contribution is 0.0600. The van der Waals surface area contributed by atoms with Gasteiger partial charge in [0.2, 0.25) is 0 Å². The highest BCUT2D eigenvalue weighted by Gasteiger charge is 2.08. The third kappa shape index (κ3) is 3.77. The Morgan fingerprint density at radius 3 is 2.36 bits per heavy atom. The molecule has 3 N–H and O–H groups in total. The molecular weight excluding hydrogens is 304 g/mol. The number of carbonyl (C=O) groups excluding carboxylic acids is 2. The number of benzene rings is 2. The fraction of sp³-hybridized carbons (Fsp3) is 0.125. The van der Waals surface area contributed by atoms with Crippen LogP contribution in [-0.2, 0) is 11.3 Å². The Morgan fingerprint density at radius 2 is 1.77 bits per heavy atom. The highest BCUT2D eigenvalue weighted by atomic mass is 35.5. The highest BCUT2D eigenvalue weighted by molar-refractivity contribution is 6.33. The first-order chi connectivity index (χ1) is 10.5. The molecule has 2 aromatic carbocycles. The van der Waals surface area contributed by atoms with Gasteiger partial charge in [0, 0.05) is 12.1 Å². The van der Waals surface area contributed by atoms with Gasteiger partial charge in [-0.05, 0) is 35.9 Å². The maximum absolute atomic E-state index is 12.0. The normalized spacial score (nSPS) is 10.1. The Morgan fingerprint density at radius 1 is 1.14 bits per heavy atom. The van der Waals surface area contributed by atoms with Gasteiger partial charge in [-0.25, -0.2) is 4.79 Å². The van der Waals surface area contributed by atoms with E-state index in [-0.39, 0.29) is 5.91 Å². The zero-order valence-corrected chi connectivity index (χ0v) is 12.7. The van der Waals surface area contributed by atoms with E-state index in [4.69, 9.17) is 17.3 Å². The van der Waals surface area contributed by atoms with Crippen molar-refractivity contribution in [3.8, 4) is 0 Å². The van der Waals surface area contributed by atoms with Crippen molar-refractivity contribution in [3.05, 3.63) is 64.2 Å². The summed E-state index contributed by atoms with van der Waals surface area (Å²) in [7, 11) is 1.33. The molecule has 6 heteroatoms. The third-order valence-electron chi connectivity index (χ3n) is 3.09. The number of nitrogen functional groups attached to an aromatic ring is 1. The molecule has 2 aromatic rings. The number of hydrogen-bond acceptors (Lipinski definition) is 4. The molecule has 0 aliphatic rings. The van der Waals surface area contributed by atoms with E-state index in [2.05, 4.69) is 10.1 Å². The summed E-state index contributed by atoms with van der Waals surface area (Å²) >= 11 is 5.82. The van der Waals surface area contributed by atoms with E-state index < -0.39 is 5.97 Å². The average molecular weight is 319 g/mol. The van der Waals surface area contributed by atoms with Crippen LogP contribution in [0.2, 0.25) is 5.02 Å². The van der Waals surface area contributed by atoms with Crippen LogP contribution in [0.5, 0.6) is 0 Å². The molecule has 114 valence electrons. The number of nitrogens with one attached hydrogen (secondary N) is 1. The Labute approximate surface area is 133 Å². The fourth-order valence-corrected chi connectivity index (χ4v) is 1.96. The molecule has 0 spiro atoms. The summed E-state index contributed by atoms with van der Waals surface area (Å²) in [6.45, 7) is 0.336. The Hall–Kier alpha value is -2.53. The van der Waals surface area contributed by atoms with Crippen LogP contribution >= 0.6 is 11.6 Å². The largest absolute Gasteiger partial charge is 0.465 e. The van der Waals surface area contributed by atoms with Crippen LogP contribution in [0.15, 0.2) is 42.5 Å². The lowest BCUT2D eigenvalue weighted by atomic mass is 10.1. The lowest BCUT2D eigenvalue weighted by Gasteiger charge is -2.07. The number of halogens is 1. The minimum atomic E-state index is -0.396. The molecule has 0 heterocycles. The van der Waals surface area contributed by atoms with Gasteiger partial charge in [-0.2, -0.15) is 0 Å². The zero-order valence-electron chi connectivity index (χ0n) is 11.9.